The summed E-state index contributed by atoms with van der Waals surface area (Å²) in [7, 11) is 0. The molecule has 0 saturated carbocycles. The number of nitriles is 1. The third kappa shape index (κ3) is 5.37. The number of rotatable bonds is 8. The lowest BCUT2D eigenvalue weighted by Gasteiger charge is -2.19. The Morgan fingerprint density at radius 3 is 2.35 bits per heavy atom. The second kappa shape index (κ2) is 7.76. The van der Waals surface area contributed by atoms with Crippen LogP contribution < -0.4 is 16.2 Å². The van der Waals surface area contributed by atoms with Gasteiger partial charge in [-0.3, -0.25) is 14.5 Å². The van der Waals surface area contributed by atoms with Crippen molar-refractivity contribution in [2.45, 2.75) is 0 Å². The van der Waals surface area contributed by atoms with Gasteiger partial charge in [0.15, 0.2) is 0 Å². The predicted octanol–water partition coefficient (Wildman–Crippen LogP) is -0.790. The van der Waals surface area contributed by atoms with E-state index in [1.54, 1.807) is 24.3 Å². The van der Waals surface area contributed by atoms with Crippen molar-refractivity contribution in [3.63, 3.8) is 0 Å². The Hall–Kier alpha value is -2.59. The summed E-state index contributed by atoms with van der Waals surface area (Å²) in [5.41, 5.74) is 10.6. The second-order valence-electron chi connectivity index (χ2n) is 4.10. The van der Waals surface area contributed by atoms with E-state index in [2.05, 4.69) is 0 Å². The molecule has 106 valence electrons. The number of nitrogens with zero attached hydrogens (tertiary/aromatic N) is 2. The molecule has 0 fully saturated rings. The molecule has 1 aromatic rings. The molecule has 0 spiro atoms. The maximum absolute atomic E-state index is 10.9. The minimum Gasteiger partial charge on any atom is -0.491 e. The number of nitrogens with two attached hydrogens (primary N) is 2. The number of carbonyl (C=O) groups excluding carboxylic acids is 2. The number of ether oxygens (including phenoxy) is 1. The molecule has 0 atom stereocenters. The van der Waals surface area contributed by atoms with E-state index in [-0.39, 0.29) is 19.7 Å². The number of benzene rings is 1. The molecule has 0 saturated heterocycles. The first-order chi connectivity index (χ1) is 9.52. The van der Waals surface area contributed by atoms with E-state index >= 15 is 0 Å². The Morgan fingerprint density at radius 1 is 1.20 bits per heavy atom. The van der Waals surface area contributed by atoms with E-state index in [1.807, 2.05) is 6.07 Å². The van der Waals surface area contributed by atoms with Crippen LogP contribution in [0, 0.1) is 11.3 Å². The van der Waals surface area contributed by atoms with E-state index in [0.717, 1.165) is 0 Å². The van der Waals surface area contributed by atoms with Crippen molar-refractivity contribution in [2.75, 3.05) is 26.2 Å². The van der Waals surface area contributed by atoms with Crippen molar-refractivity contribution < 1.29 is 14.3 Å². The summed E-state index contributed by atoms with van der Waals surface area (Å²) >= 11 is 0. The third-order valence-electron chi connectivity index (χ3n) is 2.43. The molecule has 2 amide bonds. The van der Waals surface area contributed by atoms with Crippen molar-refractivity contribution in [1.82, 2.24) is 4.90 Å². The lowest BCUT2D eigenvalue weighted by Crippen LogP contribution is -2.41. The normalized spacial score (nSPS) is 10.0. The second-order valence-corrected chi connectivity index (χ2v) is 4.10. The minimum atomic E-state index is -0.552. The summed E-state index contributed by atoms with van der Waals surface area (Å²) < 4.78 is 5.45. The average molecular weight is 276 g/mol. The van der Waals surface area contributed by atoms with Crippen LogP contribution in [-0.2, 0) is 9.59 Å². The fourth-order valence-electron chi connectivity index (χ4n) is 1.62. The monoisotopic (exact) mass is 276 g/mol. The van der Waals surface area contributed by atoms with Crippen LogP contribution in [0.4, 0.5) is 0 Å². The maximum Gasteiger partial charge on any atom is 0.231 e. The van der Waals surface area contributed by atoms with Crippen molar-refractivity contribution in [2.24, 2.45) is 11.5 Å². The van der Waals surface area contributed by atoms with Gasteiger partial charge in [-0.15, -0.1) is 0 Å². The van der Waals surface area contributed by atoms with E-state index in [4.69, 9.17) is 21.5 Å². The van der Waals surface area contributed by atoms with Crippen LogP contribution in [0.1, 0.15) is 5.56 Å². The zero-order chi connectivity index (χ0) is 15.0. The summed E-state index contributed by atoms with van der Waals surface area (Å²) in [4.78, 5) is 23.2. The molecule has 0 aliphatic heterocycles. The quantitative estimate of drug-likeness (QED) is 0.644. The van der Waals surface area contributed by atoms with Crippen LogP contribution in [0.25, 0.3) is 0 Å². The average Bonchev–Trinajstić information content (AvgIpc) is 2.37. The molecule has 7 nitrogen and oxygen atoms in total. The van der Waals surface area contributed by atoms with Crippen molar-refractivity contribution in [3.05, 3.63) is 29.8 Å². The van der Waals surface area contributed by atoms with Gasteiger partial charge in [0.2, 0.25) is 11.8 Å². The van der Waals surface area contributed by atoms with Crippen molar-refractivity contribution in [3.8, 4) is 11.8 Å². The summed E-state index contributed by atoms with van der Waals surface area (Å²) in [5, 5.41) is 8.90. The van der Waals surface area contributed by atoms with Crippen LogP contribution >= 0.6 is 0 Å². The van der Waals surface area contributed by atoms with Crippen LogP contribution in [-0.4, -0.2) is 43.0 Å². The fraction of sp³-hybridized carbons (Fsp3) is 0.308. The molecule has 7 heteroatoms. The molecular weight excluding hydrogens is 260 g/mol. The number of carbonyl (C=O) groups is 2. The smallest absolute Gasteiger partial charge is 0.231 e. The van der Waals surface area contributed by atoms with Gasteiger partial charge in [-0.1, -0.05) is 12.1 Å². The third-order valence-corrected chi connectivity index (χ3v) is 2.43. The Balaban J connectivity index is 2.53. The number of para-hydroxylation sites is 1. The lowest BCUT2D eigenvalue weighted by atomic mass is 10.2. The lowest BCUT2D eigenvalue weighted by molar-refractivity contribution is -0.122. The molecule has 1 aromatic carbocycles. The Labute approximate surface area is 116 Å². The van der Waals surface area contributed by atoms with Gasteiger partial charge < -0.3 is 16.2 Å². The summed E-state index contributed by atoms with van der Waals surface area (Å²) in [6, 6.07) is 8.81. The summed E-state index contributed by atoms with van der Waals surface area (Å²) in [6.45, 7) is 0.350. The first kappa shape index (κ1) is 15.5. The highest BCUT2D eigenvalue weighted by Crippen LogP contribution is 2.16. The maximum atomic E-state index is 10.9. The van der Waals surface area contributed by atoms with E-state index in [0.29, 0.717) is 17.9 Å². The zero-order valence-corrected chi connectivity index (χ0v) is 10.9. The first-order valence-corrected chi connectivity index (χ1v) is 5.94. The molecule has 0 unspecified atom stereocenters. The molecular formula is C13H16N4O3. The molecule has 20 heavy (non-hydrogen) atoms. The van der Waals surface area contributed by atoms with Crippen molar-refractivity contribution in [1.29, 1.82) is 5.26 Å². The van der Waals surface area contributed by atoms with Gasteiger partial charge in [-0.25, -0.2) is 0 Å². The van der Waals surface area contributed by atoms with E-state index in [9.17, 15) is 9.59 Å². The molecule has 0 heterocycles. The number of amides is 2. The highest BCUT2D eigenvalue weighted by atomic mass is 16.5. The first-order valence-electron chi connectivity index (χ1n) is 5.94. The highest BCUT2D eigenvalue weighted by molar-refractivity contribution is 5.79. The molecule has 0 aliphatic rings. The molecule has 0 aromatic heterocycles. The zero-order valence-electron chi connectivity index (χ0n) is 10.9. The van der Waals surface area contributed by atoms with Gasteiger partial charge in [0, 0.05) is 6.54 Å². The van der Waals surface area contributed by atoms with Gasteiger partial charge >= 0.3 is 0 Å². The largest absolute Gasteiger partial charge is 0.491 e. The molecule has 0 aliphatic carbocycles. The topological polar surface area (TPSA) is 122 Å². The summed E-state index contributed by atoms with van der Waals surface area (Å²) in [5.74, 6) is -0.652. The van der Waals surface area contributed by atoms with E-state index in [1.165, 1.54) is 4.90 Å². The van der Waals surface area contributed by atoms with Crippen molar-refractivity contribution >= 4 is 11.8 Å². The van der Waals surface area contributed by atoms with Crippen LogP contribution in [0.15, 0.2) is 24.3 Å². The highest BCUT2D eigenvalue weighted by Gasteiger charge is 2.11. The Bertz CT molecular complexity index is 509. The van der Waals surface area contributed by atoms with E-state index < -0.39 is 11.8 Å². The molecule has 4 N–H and O–H groups in total. The molecule has 0 radical (unpaired) electrons. The summed E-state index contributed by atoms with van der Waals surface area (Å²) in [6.07, 6.45) is 0. The van der Waals surface area contributed by atoms with Crippen LogP contribution in [0.5, 0.6) is 5.75 Å². The number of hydrogen-bond acceptors (Lipinski definition) is 5. The fourth-order valence-corrected chi connectivity index (χ4v) is 1.62. The Kier molecular flexibility index (Phi) is 6.00. The molecule has 0 bridgehead atoms. The number of hydrogen-bond donors (Lipinski definition) is 2. The Morgan fingerprint density at radius 2 is 1.80 bits per heavy atom. The SMILES string of the molecule is N#Cc1ccccc1OCCN(CC(N)=O)CC(N)=O. The van der Waals surface area contributed by atoms with Gasteiger partial charge in [-0.2, -0.15) is 5.26 Å². The van der Waals surface area contributed by atoms with Crippen LogP contribution in [0.3, 0.4) is 0 Å². The predicted molar refractivity (Wildman–Crippen MR) is 71.5 cm³/mol. The minimum absolute atomic E-state index is 0.0772. The van der Waals surface area contributed by atoms with Gasteiger partial charge in [-0.05, 0) is 12.1 Å². The number of primary amides is 2. The van der Waals surface area contributed by atoms with Crippen LogP contribution in [0.2, 0.25) is 0 Å². The molecule has 1 rings (SSSR count). The standard InChI is InChI=1S/C13H16N4O3/c14-7-10-3-1-2-4-11(10)20-6-5-17(8-12(15)18)9-13(16)19/h1-4H,5-6,8-9H2,(H2,15,18)(H2,16,19). The van der Waals surface area contributed by atoms with Gasteiger partial charge in [0.1, 0.15) is 18.4 Å². The van der Waals surface area contributed by atoms with Gasteiger partial charge in [0.05, 0.1) is 18.7 Å². The van der Waals surface area contributed by atoms with Gasteiger partial charge in [0.25, 0.3) is 0 Å².